The molecule has 2 aliphatic rings. The summed E-state index contributed by atoms with van der Waals surface area (Å²) < 4.78 is 12.0. The molecule has 36 heavy (non-hydrogen) atoms. The maximum absolute atomic E-state index is 12.0. The van der Waals surface area contributed by atoms with E-state index in [1.54, 1.807) is 6.20 Å². The first kappa shape index (κ1) is 28.5. The van der Waals surface area contributed by atoms with Crippen molar-refractivity contribution in [2.45, 2.75) is 51.6 Å². The zero-order valence-electron chi connectivity index (χ0n) is 21.2. The molecular weight excluding hydrogens is 499 g/mol. The molecule has 1 aliphatic heterocycles. The predicted octanol–water partition coefficient (Wildman–Crippen LogP) is 5.05. The molecule has 198 valence electrons. The molecule has 0 spiro atoms. The van der Waals surface area contributed by atoms with Gasteiger partial charge in [0, 0.05) is 30.2 Å². The number of benzene rings is 1. The van der Waals surface area contributed by atoms with Gasteiger partial charge in [-0.3, -0.25) is 9.69 Å². The van der Waals surface area contributed by atoms with E-state index >= 15 is 0 Å². The summed E-state index contributed by atoms with van der Waals surface area (Å²) in [6.07, 6.45) is 8.61. The Bertz CT molecular complexity index is 1170. The van der Waals surface area contributed by atoms with Gasteiger partial charge in [-0.25, -0.2) is 0 Å². The second kappa shape index (κ2) is 13.0. The number of ether oxygens (including phenoxy) is 1. The molecule has 2 fully saturated rings. The average molecular weight is 538 g/mol. The minimum absolute atomic E-state index is 0. The van der Waals surface area contributed by atoms with Crippen molar-refractivity contribution in [2.24, 2.45) is 11.8 Å². The molecule has 1 saturated heterocycles. The van der Waals surface area contributed by atoms with E-state index in [1.807, 2.05) is 12.1 Å². The van der Waals surface area contributed by atoms with Crippen LogP contribution in [0.5, 0.6) is 5.75 Å². The minimum Gasteiger partial charge on any atom is -0.493 e. The third-order valence-electron chi connectivity index (χ3n) is 7.21. The highest BCUT2D eigenvalue weighted by Gasteiger charge is 2.25. The van der Waals surface area contributed by atoms with Crippen LogP contribution >= 0.6 is 24.8 Å². The average Bonchev–Trinajstić information content (AvgIpc) is 3.57. The van der Waals surface area contributed by atoms with Crippen LogP contribution in [0, 0.1) is 11.8 Å². The van der Waals surface area contributed by atoms with Gasteiger partial charge in [-0.15, -0.1) is 24.8 Å². The molecule has 0 radical (unpaired) electrons. The van der Waals surface area contributed by atoms with Gasteiger partial charge in [-0.2, -0.15) is 0 Å². The van der Waals surface area contributed by atoms with Gasteiger partial charge < -0.3 is 19.1 Å². The number of likely N-dealkylation sites (tertiary alicyclic amines) is 1. The summed E-state index contributed by atoms with van der Waals surface area (Å²) in [7, 11) is 4.14. The summed E-state index contributed by atoms with van der Waals surface area (Å²) in [5.41, 5.74) is 3.91. The number of aryl methyl sites for hydroxylation is 1. The number of aromatic amines is 1. The fourth-order valence-electron chi connectivity index (χ4n) is 4.96. The van der Waals surface area contributed by atoms with Crippen LogP contribution in [-0.4, -0.2) is 53.7 Å². The van der Waals surface area contributed by atoms with E-state index in [0.29, 0.717) is 11.8 Å². The molecule has 0 atom stereocenters. The van der Waals surface area contributed by atoms with Crippen LogP contribution in [0.2, 0.25) is 0 Å². The summed E-state index contributed by atoms with van der Waals surface area (Å²) in [6, 6.07) is 8.06. The van der Waals surface area contributed by atoms with E-state index in [1.165, 1.54) is 12.8 Å². The number of rotatable bonds is 10. The quantitative estimate of drug-likeness (QED) is 0.390. The third-order valence-corrected chi connectivity index (χ3v) is 7.21. The first-order valence-electron chi connectivity index (χ1n) is 12.6. The standard InChI is InChI=1S/C27H36N4O3.2ClH/c1-30(2)17-23-25(33-18-20-5-6-20)10-8-22-24(29-34-26(22)23)9-7-19-11-14-31(15-12-19)16-21-4-3-13-28-27(21)32;;/h3-4,8,10,13,19-20H,5-7,9,11-12,14-18H2,1-2H3,(H,28,32);2*1H. The maximum atomic E-state index is 12.0. The van der Waals surface area contributed by atoms with Gasteiger partial charge in [-0.1, -0.05) is 11.2 Å². The van der Waals surface area contributed by atoms with Crippen LogP contribution in [0.3, 0.4) is 0 Å². The number of hydrogen-bond acceptors (Lipinski definition) is 6. The van der Waals surface area contributed by atoms with Gasteiger partial charge in [0.15, 0.2) is 5.58 Å². The number of halogens is 2. The highest BCUT2D eigenvalue weighted by Crippen LogP contribution is 2.35. The van der Waals surface area contributed by atoms with Crippen molar-refractivity contribution >= 4 is 35.8 Å². The number of aromatic nitrogens is 2. The second-order valence-corrected chi connectivity index (χ2v) is 10.3. The molecule has 0 unspecified atom stereocenters. The smallest absolute Gasteiger partial charge is 0.252 e. The molecule has 2 aromatic heterocycles. The summed E-state index contributed by atoms with van der Waals surface area (Å²) in [5, 5.41) is 5.60. The fourth-order valence-corrected chi connectivity index (χ4v) is 4.96. The number of H-pyrrole nitrogens is 1. The van der Waals surface area contributed by atoms with Crippen LogP contribution in [0.15, 0.2) is 39.8 Å². The molecule has 3 aromatic rings. The Balaban J connectivity index is 0.00000180. The molecule has 1 aromatic carbocycles. The number of nitrogens with one attached hydrogen (secondary N) is 1. The van der Waals surface area contributed by atoms with Gasteiger partial charge >= 0.3 is 0 Å². The molecule has 1 saturated carbocycles. The van der Waals surface area contributed by atoms with Crippen LogP contribution in [-0.2, 0) is 19.5 Å². The molecule has 7 nitrogen and oxygen atoms in total. The summed E-state index contributed by atoms with van der Waals surface area (Å²) >= 11 is 0. The molecule has 0 amide bonds. The van der Waals surface area contributed by atoms with Crippen molar-refractivity contribution in [1.29, 1.82) is 0 Å². The topological polar surface area (TPSA) is 74.6 Å². The van der Waals surface area contributed by atoms with E-state index < -0.39 is 0 Å². The summed E-state index contributed by atoms with van der Waals surface area (Å²) in [4.78, 5) is 19.3. The number of hydrogen-bond donors (Lipinski definition) is 1. The van der Waals surface area contributed by atoms with Crippen molar-refractivity contribution in [1.82, 2.24) is 19.9 Å². The molecular formula is C27H38Cl2N4O3. The van der Waals surface area contributed by atoms with E-state index in [-0.39, 0.29) is 30.4 Å². The highest BCUT2D eigenvalue weighted by atomic mass is 35.5. The van der Waals surface area contributed by atoms with Crippen molar-refractivity contribution in [2.75, 3.05) is 33.8 Å². The highest BCUT2D eigenvalue weighted by molar-refractivity contribution is 5.86. The second-order valence-electron chi connectivity index (χ2n) is 10.3. The number of piperidine rings is 1. The van der Waals surface area contributed by atoms with Gasteiger partial charge in [0.05, 0.1) is 17.9 Å². The minimum atomic E-state index is 0. The normalized spacial score (nSPS) is 16.6. The predicted molar refractivity (Wildman–Crippen MR) is 147 cm³/mol. The van der Waals surface area contributed by atoms with Gasteiger partial charge in [0.1, 0.15) is 5.75 Å². The Hall–Kier alpha value is -2.06. The molecule has 1 N–H and O–H groups in total. The summed E-state index contributed by atoms with van der Waals surface area (Å²) in [6.45, 7) is 4.37. The SMILES string of the molecule is CN(C)Cc1c(OCC2CC2)ccc2c(CCC3CCN(Cc4ccc[nH]c4=O)CC3)noc12.Cl.Cl. The van der Waals surface area contributed by atoms with Crippen molar-refractivity contribution in [3.63, 3.8) is 0 Å². The van der Waals surface area contributed by atoms with Gasteiger partial charge in [0.25, 0.3) is 5.56 Å². The Morgan fingerprint density at radius 3 is 2.58 bits per heavy atom. The molecule has 1 aliphatic carbocycles. The number of fused-ring (bicyclic) bond motifs is 1. The Labute approximate surface area is 225 Å². The first-order chi connectivity index (χ1) is 16.6. The lowest BCUT2D eigenvalue weighted by atomic mass is 9.91. The lowest BCUT2D eigenvalue weighted by Crippen LogP contribution is -2.35. The Kier molecular flexibility index (Phi) is 10.3. The van der Waals surface area contributed by atoms with Crippen LogP contribution < -0.4 is 10.3 Å². The van der Waals surface area contributed by atoms with E-state index in [9.17, 15) is 4.79 Å². The summed E-state index contributed by atoms with van der Waals surface area (Å²) in [5.74, 6) is 2.33. The molecule has 3 heterocycles. The van der Waals surface area contributed by atoms with Crippen molar-refractivity contribution in [3.05, 3.63) is 57.6 Å². The molecule has 9 heteroatoms. The zero-order valence-corrected chi connectivity index (χ0v) is 22.8. The fraction of sp³-hybridized carbons (Fsp3) is 0.556. The van der Waals surface area contributed by atoms with Crippen LogP contribution in [0.4, 0.5) is 0 Å². The van der Waals surface area contributed by atoms with Crippen molar-refractivity contribution < 1.29 is 9.26 Å². The molecule has 0 bridgehead atoms. The van der Waals surface area contributed by atoms with Crippen molar-refractivity contribution in [3.8, 4) is 5.75 Å². The Morgan fingerprint density at radius 1 is 1.11 bits per heavy atom. The lowest BCUT2D eigenvalue weighted by molar-refractivity contribution is 0.171. The number of nitrogens with zero attached hydrogens (tertiary/aromatic N) is 3. The Morgan fingerprint density at radius 2 is 1.89 bits per heavy atom. The van der Waals surface area contributed by atoms with E-state index in [0.717, 1.165) is 92.0 Å². The van der Waals surface area contributed by atoms with Crippen LogP contribution in [0.1, 0.15) is 48.9 Å². The van der Waals surface area contributed by atoms with E-state index in [4.69, 9.17) is 9.26 Å². The monoisotopic (exact) mass is 536 g/mol. The molecule has 5 rings (SSSR count). The van der Waals surface area contributed by atoms with Gasteiger partial charge in [0.2, 0.25) is 0 Å². The first-order valence-corrected chi connectivity index (χ1v) is 12.6. The zero-order chi connectivity index (χ0) is 23.5. The van der Waals surface area contributed by atoms with Crippen LogP contribution in [0.25, 0.3) is 11.0 Å². The maximum Gasteiger partial charge on any atom is 0.252 e. The lowest BCUT2D eigenvalue weighted by Gasteiger charge is -2.31. The van der Waals surface area contributed by atoms with Gasteiger partial charge in [-0.05, 0) is 95.7 Å². The largest absolute Gasteiger partial charge is 0.493 e. The van der Waals surface area contributed by atoms with E-state index in [2.05, 4.69) is 46.2 Å². The third kappa shape index (κ3) is 7.03. The number of pyridine rings is 1.